The third-order valence-electron chi connectivity index (χ3n) is 2.02. The highest BCUT2D eigenvalue weighted by molar-refractivity contribution is 9.10. The quantitative estimate of drug-likeness (QED) is 0.788. The Labute approximate surface area is 100 Å². The number of nitrogens with zero attached hydrogens (tertiary/aromatic N) is 3. The lowest BCUT2D eigenvalue weighted by atomic mass is 10.2. The van der Waals surface area contributed by atoms with Crippen LogP contribution in [0.3, 0.4) is 0 Å². The Kier molecular flexibility index (Phi) is 3.00. The van der Waals surface area contributed by atoms with Crippen LogP contribution in [0, 0.1) is 0 Å². The van der Waals surface area contributed by atoms with Gasteiger partial charge in [-0.2, -0.15) is 0 Å². The number of para-hydroxylation sites is 1. The SMILES string of the molecule is COC(=O)c1ccccc1-n1cnc(Br)n1. The first-order chi connectivity index (χ1) is 7.72. The molecule has 0 atom stereocenters. The van der Waals surface area contributed by atoms with E-state index in [1.165, 1.54) is 18.1 Å². The van der Waals surface area contributed by atoms with E-state index in [-0.39, 0.29) is 0 Å². The summed E-state index contributed by atoms with van der Waals surface area (Å²) in [4.78, 5) is 15.5. The average molecular weight is 282 g/mol. The van der Waals surface area contributed by atoms with Crippen LogP contribution in [-0.2, 0) is 4.74 Å². The van der Waals surface area contributed by atoms with Crippen molar-refractivity contribution in [3.63, 3.8) is 0 Å². The van der Waals surface area contributed by atoms with Gasteiger partial charge < -0.3 is 4.74 Å². The maximum absolute atomic E-state index is 11.5. The third kappa shape index (κ3) is 1.96. The molecule has 6 heteroatoms. The highest BCUT2D eigenvalue weighted by Gasteiger charge is 2.13. The number of carbonyl (C=O) groups excluding carboxylic acids is 1. The van der Waals surface area contributed by atoms with Gasteiger partial charge in [0.2, 0.25) is 4.73 Å². The molecule has 1 heterocycles. The largest absolute Gasteiger partial charge is 0.465 e. The number of halogens is 1. The van der Waals surface area contributed by atoms with Crippen molar-refractivity contribution in [3.8, 4) is 5.69 Å². The lowest BCUT2D eigenvalue weighted by Gasteiger charge is -2.06. The van der Waals surface area contributed by atoms with E-state index in [4.69, 9.17) is 4.74 Å². The molecule has 1 aromatic heterocycles. The Hall–Kier alpha value is -1.69. The number of hydrogen-bond donors (Lipinski definition) is 0. The Bertz CT molecular complexity index is 524. The zero-order valence-electron chi connectivity index (χ0n) is 8.42. The van der Waals surface area contributed by atoms with Gasteiger partial charge in [0.1, 0.15) is 6.33 Å². The predicted octanol–water partition coefficient (Wildman–Crippen LogP) is 1.82. The molecule has 5 nitrogen and oxygen atoms in total. The van der Waals surface area contributed by atoms with E-state index < -0.39 is 5.97 Å². The van der Waals surface area contributed by atoms with Crippen LogP contribution in [-0.4, -0.2) is 27.8 Å². The summed E-state index contributed by atoms with van der Waals surface area (Å²) < 4.78 is 6.67. The molecule has 16 heavy (non-hydrogen) atoms. The fraction of sp³-hybridized carbons (Fsp3) is 0.100. The second-order valence-corrected chi connectivity index (χ2v) is 3.68. The molecule has 0 aliphatic carbocycles. The number of carbonyl (C=O) groups is 1. The lowest BCUT2D eigenvalue weighted by molar-refractivity contribution is 0.0600. The van der Waals surface area contributed by atoms with Crippen LogP contribution >= 0.6 is 15.9 Å². The van der Waals surface area contributed by atoms with E-state index in [1.54, 1.807) is 18.2 Å². The summed E-state index contributed by atoms with van der Waals surface area (Å²) in [5.41, 5.74) is 1.08. The van der Waals surface area contributed by atoms with E-state index in [2.05, 4.69) is 26.0 Å². The summed E-state index contributed by atoms with van der Waals surface area (Å²) in [6, 6.07) is 7.03. The molecule has 0 saturated heterocycles. The lowest BCUT2D eigenvalue weighted by Crippen LogP contribution is -2.07. The standard InChI is InChI=1S/C10H8BrN3O2/c1-16-9(15)7-4-2-3-5-8(7)14-6-12-10(11)13-14/h2-6H,1H3. The van der Waals surface area contributed by atoms with Gasteiger partial charge in [0.05, 0.1) is 18.4 Å². The van der Waals surface area contributed by atoms with Gasteiger partial charge in [0.15, 0.2) is 0 Å². The van der Waals surface area contributed by atoms with E-state index in [0.29, 0.717) is 16.0 Å². The van der Waals surface area contributed by atoms with Crippen LogP contribution in [0.4, 0.5) is 0 Å². The first-order valence-electron chi connectivity index (χ1n) is 4.47. The van der Waals surface area contributed by atoms with Gasteiger partial charge >= 0.3 is 5.97 Å². The zero-order valence-corrected chi connectivity index (χ0v) is 10.0. The minimum Gasteiger partial charge on any atom is -0.465 e. The molecule has 2 rings (SSSR count). The first-order valence-corrected chi connectivity index (χ1v) is 5.26. The Morgan fingerprint density at radius 2 is 2.19 bits per heavy atom. The van der Waals surface area contributed by atoms with Crippen molar-refractivity contribution in [1.29, 1.82) is 0 Å². The van der Waals surface area contributed by atoms with Crippen LogP contribution in [0.2, 0.25) is 0 Å². The molecule has 0 amide bonds. The minimum atomic E-state index is -0.401. The molecule has 0 unspecified atom stereocenters. The van der Waals surface area contributed by atoms with Gasteiger partial charge in [-0.05, 0) is 28.1 Å². The molecule has 0 saturated carbocycles. The number of ether oxygens (including phenoxy) is 1. The summed E-state index contributed by atoms with van der Waals surface area (Å²) in [5, 5.41) is 4.07. The van der Waals surface area contributed by atoms with E-state index in [1.807, 2.05) is 6.07 Å². The number of benzene rings is 1. The van der Waals surface area contributed by atoms with E-state index >= 15 is 0 Å². The van der Waals surface area contributed by atoms with Crippen molar-refractivity contribution in [1.82, 2.24) is 14.8 Å². The monoisotopic (exact) mass is 281 g/mol. The molecular formula is C10H8BrN3O2. The zero-order chi connectivity index (χ0) is 11.5. The van der Waals surface area contributed by atoms with Gasteiger partial charge in [-0.15, -0.1) is 5.10 Å². The molecule has 0 bridgehead atoms. The predicted molar refractivity (Wildman–Crippen MR) is 60.4 cm³/mol. The van der Waals surface area contributed by atoms with Crippen LogP contribution < -0.4 is 0 Å². The maximum Gasteiger partial charge on any atom is 0.340 e. The Morgan fingerprint density at radius 3 is 2.81 bits per heavy atom. The highest BCUT2D eigenvalue weighted by Crippen LogP contribution is 2.15. The van der Waals surface area contributed by atoms with Crippen molar-refractivity contribution in [2.45, 2.75) is 0 Å². The molecule has 0 N–H and O–H groups in total. The third-order valence-corrected chi connectivity index (χ3v) is 2.38. The summed E-state index contributed by atoms with van der Waals surface area (Å²) >= 11 is 3.15. The fourth-order valence-corrected chi connectivity index (χ4v) is 1.58. The summed E-state index contributed by atoms with van der Waals surface area (Å²) in [6.45, 7) is 0. The van der Waals surface area contributed by atoms with Crippen molar-refractivity contribution in [2.24, 2.45) is 0 Å². The molecular weight excluding hydrogens is 274 g/mol. The van der Waals surface area contributed by atoms with Crippen molar-refractivity contribution >= 4 is 21.9 Å². The normalized spacial score (nSPS) is 10.1. The minimum absolute atomic E-state index is 0.401. The molecule has 2 aromatic rings. The Morgan fingerprint density at radius 1 is 1.44 bits per heavy atom. The molecule has 82 valence electrons. The number of esters is 1. The van der Waals surface area contributed by atoms with Crippen molar-refractivity contribution in [2.75, 3.05) is 7.11 Å². The Balaban J connectivity index is 2.52. The van der Waals surface area contributed by atoms with Crippen LogP contribution in [0.5, 0.6) is 0 Å². The van der Waals surface area contributed by atoms with E-state index in [9.17, 15) is 4.79 Å². The number of rotatable bonds is 2. The van der Waals surface area contributed by atoms with Gasteiger partial charge in [0.25, 0.3) is 0 Å². The fourth-order valence-electron chi connectivity index (χ4n) is 1.31. The number of hydrogen-bond acceptors (Lipinski definition) is 4. The molecule has 0 aliphatic rings. The summed E-state index contributed by atoms with van der Waals surface area (Å²) in [5.74, 6) is -0.401. The number of aromatic nitrogens is 3. The maximum atomic E-state index is 11.5. The molecule has 0 spiro atoms. The molecule has 1 aromatic carbocycles. The molecule has 0 aliphatic heterocycles. The van der Waals surface area contributed by atoms with Crippen LogP contribution in [0.1, 0.15) is 10.4 Å². The summed E-state index contributed by atoms with van der Waals surface area (Å²) in [6.07, 6.45) is 1.52. The first kappa shape index (κ1) is 10.8. The van der Waals surface area contributed by atoms with Crippen LogP contribution in [0.25, 0.3) is 5.69 Å². The van der Waals surface area contributed by atoms with Crippen LogP contribution in [0.15, 0.2) is 35.3 Å². The highest BCUT2D eigenvalue weighted by atomic mass is 79.9. The number of methoxy groups -OCH3 is 1. The molecule has 0 fully saturated rings. The van der Waals surface area contributed by atoms with Gasteiger partial charge in [0, 0.05) is 0 Å². The van der Waals surface area contributed by atoms with E-state index in [0.717, 1.165) is 0 Å². The van der Waals surface area contributed by atoms with Gasteiger partial charge in [-0.25, -0.2) is 14.5 Å². The second kappa shape index (κ2) is 4.44. The van der Waals surface area contributed by atoms with Gasteiger partial charge in [-0.3, -0.25) is 0 Å². The second-order valence-electron chi connectivity index (χ2n) is 2.97. The topological polar surface area (TPSA) is 57.0 Å². The van der Waals surface area contributed by atoms with Gasteiger partial charge in [-0.1, -0.05) is 12.1 Å². The average Bonchev–Trinajstić information content (AvgIpc) is 2.75. The summed E-state index contributed by atoms with van der Waals surface area (Å²) in [7, 11) is 1.34. The van der Waals surface area contributed by atoms with Crippen molar-refractivity contribution < 1.29 is 9.53 Å². The molecule has 0 radical (unpaired) electrons. The van der Waals surface area contributed by atoms with Crippen molar-refractivity contribution in [3.05, 3.63) is 40.9 Å². The smallest absolute Gasteiger partial charge is 0.340 e.